The molecule has 3 rings (SSSR count). The molecule has 0 saturated carbocycles. The number of rotatable bonds is 9. The van der Waals surface area contributed by atoms with Crippen molar-refractivity contribution in [3.8, 4) is 11.5 Å². The summed E-state index contributed by atoms with van der Waals surface area (Å²) in [4.78, 5) is 15.6. The van der Waals surface area contributed by atoms with Crippen molar-refractivity contribution < 1.29 is 18.7 Å². The van der Waals surface area contributed by atoms with Crippen LogP contribution in [0.1, 0.15) is 38.7 Å². The van der Waals surface area contributed by atoms with E-state index in [0.29, 0.717) is 23.4 Å². The summed E-state index contributed by atoms with van der Waals surface area (Å²) in [5, 5.41) is 0. The van der Waals surface area contributed by atoms with E-state index in [-0.39, 0.29) is 17.5 Å². The van der Waals surface area contributed by atoms with Crippen molar-refractivity contribution in [3.05, 3.63) is 52.3 Å². The second-order valence-electron chi connectivity index (χ2n) is 7.70. The van der Waals surface area contributed by atoms with E-state index < -0.39 is 0 Å². The number of likely N-dealkylation sites (tertiary alicyclic amines) is 1. The lowest BCUT2D eigenvalue weighted by molar-refractivity contribution is -0.131. The normalized spacial score (nSPS) is 14.3. The predicted octanol–water partition coefficient (Wildman–Crippen LogP) is 5.40. The lowest BCUT2D eigenvalue weighted by Crippen LogP contribution is -2.33. The molecule has 0 amide bonds. The summed E-state index contributed by atoms with van der Waals surface area (Å²) in [6.45, 7) is 8.21. The van der Waals surface area contributed by atoms with Gasteiger partial charge in [-0.2, -0.15) is 0 Å². The molecule has 0 aliphatic carbocycles. The Morgan fingerprint density at radius 3 is 2.48 bits per heavy atom. The standard InChI is InChI=1S/C24H30BrFN2O3/c1-3-28(20-8-10-21(11-9-20)31-18(2)29)17-19-7-12-22(24(26)23(19)25)30-16-15-27-13-5-4-6-14-27/h7-12H,3-6,13-17H2,1-2H3. The number of carbonyl (C=O) groups excluding carboxylic acids is 1. The van der Waals surface area contributed by atoms with Crippen LogP contribution in [0.15, 0.2) is 40.9 Å². The molecule has 7 heteroatoms. The highest BCUT2D eigenvalue weighted by molar-refractivity contribution is 9.10. The van der Waals surface area contributed by atoms with Gasteiger partial charge in [-0.05, 0) is 84.7 Å². The Morgan fingerprint density at radius 2 is 1.84 bits per heavy atom. The molecule has 1 aliphatic rings. The highest BCUT2D eigenvalue weighted by atomic mass is 79.9. The van der Waals surface area contributed by atoms with Crippen molar-refractivity contribution in [1.29, 1.82) is 0 Å². The molecule has 0 aromatic heterocycles. The minimum atomic E-state index is -0.364. The zero-order valence-electron chi connectivity index (χ0n) is 18.2. The molecule has 2 aromatic carbocycles. The first kappa shape index (κ1) is 23.5. The van der Waals surface area contributed by atoms with Gasteiger partial charge in [0.2, 0.25) is 0 Å². The Hall–Kier alpha value is -2.12. The molecule has 1 aliphatic heterocycles. The fourth-order valence-electron chi connectivity index (χ4n) is 3.76. The Morgan fingerprint density at radius 1 is 1.13 bits per heavy atom. The summed E-state index contributed by atoms with van der Waals surface area (Å²) in [6, 6.07) is 10.9. The van der Waals surface area contributed by atoms with Crippen molar-refractivity contribution in [2.45, 2.75) is 39.7 Å². The summed E-state index contributed by atoms with van der Waals surface area (Å²) in [5.41, 5.74) is 1.80. The van der Waals surface area contributed by atoms with Crippen LogP contribution in [0.5, 0.6) is 11.5 Å². The predicted molar refractivity (Wildman–Crippen MR) is 124 cm³/mol. The number of hydrogen-bond donors (Lipinski definition) is 0. The SMILES string of the molecule is CCN(Cc1ccc(OCCN2CCCCC2)c(F)c1Br)c1ccc(OC(C)=O)cc1. The average molecular weight is 493 g/mol. The molecule has 0 spiro atoms. The van der Waals surface area contributed by atoms with Gasteiger partial charge in [-0.1, -0.05) is 12.5 Å². The largest absolute Gasteiger partial charge is 0.489 e. The van der Waals surface area contributed by atoms with Gasteiger partial charge in [-0.15, -0.1) is 0 Å². The third-order valence-corrected chi connectivity index (χ3v) is 6.30. The minimum absolute atomic E-state index is 0.279. The Balaban J connectivity index is 1.62. The van der Waals surface area contributed by atoms with Crippen LogP contribution in [0, 0.1) is 5.82 Å². The van der Waals surface area contributed by atoms with Crippen LogP contribution in [0.2, 0.25) is 0 Å². The number of halogens is 2. The summed E-state index contributed by atoms with van der Waals surface area (Å²) in [7, 11) is 0. The molecular formula is C24H30BrFN2O3. The number of carbonyl (C=O) groups is 1. The topological polar surface area (TPSA) is 42.0 Å². The molecule has 5 nitrogen and oxygen atoms in total. The number of esters is 1. The van der Waals surface area contributed by atoms with Crippen LogP contribution < -0.4 is 14.4 Å². The molecule has 0 N–H and O–H groups in total. The highest BCUT2D eigenvalue weighted by Gasteiger charge is 2.16. The van der Waals surface area contributed by atoms with Crippen LogP contribution in [0.3, 0.4) is 0 Å². The summed E-state index contributed by atoms with van der Waals surface area (Å²) in [6.07, 6.45) is 3.76. The first-order chi connectivity index (χ1) is 15.0. The maximum atomic E-state index is 14.9. The summed E-state index contributed by atoms with van der Waals surface area (Å²) in [5.74, 6) is 0.0714. The van der Waals surface area contributed by atoms with E-state index in [1.165, 1.54) is 26.2 Å². The molecule has 31 heavy (non-hydrogen) atoms. The van der Waals surface area contributed by atoms with Crippen LogP contribution in [-0.2, 0) is 11.3 Å². The van der Waals surface area contributed by atoms with Gasteiger partial charge in [0, 0.05) is 32.2 Å². The number of piperidine rings is 1. The fourth-order valence-corrected chi connectivity index (χ4v) is 4.21. The molecule has 0 bridgehead atoms. The van der Waals surface area contributed by atoms with Gasteiger partial charge in [0.15, 0.2) is 11.6 Å². The number of anilines is 1. The molecular weight excluding hydrogens is 463 g/mol. The van der Waals surface area contributed by atoms with E-state index in [1.54, 1.807) is 18.2 Å². The molecule has 0 atom stereocenters. The van der Waals surface area contributed by atoms with Crippen LogP contribution in [0.25, 0.3) is 0 Å². The van der Waals surface area contributed by atoms with Gasteiger partial charge in [-0.3, -0.25) is 9.69 Å². The monoisotopic (exact) mass is 492 g/mol. The van der Waals surface area contributed by atoms with Crippen LogP contribution in [-0.4, -0.2) is 43.7 Å². The maximum absolute atomic E-state index is 14.9. The van der Waals surface area contributed by atoms with Crippen molar-refractivity contribution in [1.82, 2.24) is 4.90 Å². The van der Waals surface area contributed by atoms with Gasteiger partial charge in [0.25, 0.3) is 0 Å². The van der Waals surface area contributed by atoms with Crippen molar-refractivity contribution in [2.24, 2.45) is 0 Å². The third kappa shape index (κ3) is 6.68. The van der Waals surface area contributed by atoms with E-state index in [0.717, 1.165) is 37.4 Å². The van der Waals surface area contributed by atoms with Gasteiger partial charge >= 0.3 is 5.97 Å². The number of ether oxygens (including phenoxy) is 2. The van der Waals surface area contributed by atoms with Crippen LogP contribution in [0.4, 0.5) is 10.1 Å². The second kappa shape index (κ2) is 11.5. The molecule has 2 aromatic rings. The van der Waals surface area contributed by atoms with E-state index in [9.17, 15) is 9.18 Å². The molecule has 168 valence electrons. The second-order valence-corrected chi connectivity index (χ2v) is 8.50. The number of nitrogens with zero attached hydrogens (tertiary/aromatic N) is 2. The van der Waals surface area contributed by atoms with Gasteiger partial charge < -0.3 is 14.4 Å². The molecule has 0 radical (unpaired) electrons. The lowest BCUT2D eigenvalue weighted by atomic mass is 10.1. The molecule has 1 saturated heterocycles. The van der Waals surface area contributed by atoms with Crippen molar-refractivity contribution in [2.75, 3.05) is 37.7 Å². The third-order valence-electron chi connectivity index (χ3n) is 5.45. The summed E-state index contributed by atoms with van der Waals surface area (Å²) >= 11 is 3.42. The first-order valence-corrected chi connectivity index (χ1v) is 11.6. The Kier molecular flexibility index (Phi) is 8.72. The van der Waals surface area contributed by atoms with Gasteiger partial charge in [-0.25, -0.2) is 4.39 Å². The molecule has 1 heterocycles. The highest BCUT2D eigenvalue weighted by Crippen LogP contribution is 2.31. The zero-order chi connectivity index (χ0) is 22.2. The summed E-state index contributed by atoms with van der Waals surface area (Å²) < 4.78 is 26.2. The molecule has 0 unspecified atom stereocenters. The van der Waals surface area contributed by atoms with Crippen molar-refractivity contribution in [3.63, 3.8) is 0 Å². The van der Waals surface area contributed by atoms with E-state index in [4.69, 9.17) is 9.47 Å². The van der Waals surface area contributed by atoms with E-state index in [2.05, 4.69) is 25.7 Å². The van der Waals surface area contributed by atoms with E-state index in [1.807, 2.05) is 25.1 Å². The first-order valence-electron chi connectivity index (χ1n) is 10.8. The van der Waals surface area contributed by atoms with Crippen LogP contribution >= 0.6 is 15.9 Å². The quantitative estimate of drug-likeness (QED) is 0.346. The Bertz CT molecular complexity index is 870. The Labute approximate surface area is 192 Å². The van der Waals surface area contributed by atoms with E-state index >= 15 is 0 Å². The maximum Gasteiger partial charge on any atom is 0.308 e. The minimum Gasteiger partial charge on any atom is -0.489 e. The van der Waals surface area contributed by atoms with Gasteiger partial charge in [0.05, 0.1) is 4.47 Å². The number of hydrogen-bond acceptors (Lipinski definition) is 5. The lowest BCUT2D eigenvalue weighted by Gasteiger charge is -2.26. The van der Waals surface area contributed by atoms with Crippen molar-refractivity contribution >= 4 is 27.6 Å². The molecule has 1 fully saturated rings. The smallest absolute Gasteiger partial charge is 0.308 e. The fraction of sp³-hybridized carbons (Fsp3) is 0.458. The van der Waals surface area contributed by atoms with Gasteiger partial charge in [0.1, 0.15) is 12.4 Å². The number of benzene rings is 2. The average Bonchev–Trinajstić information content (AvgIpc) is 2.77. The zero-order valence-corrected chi connectivity index (χ0v) is 19.8.